The Bertz CT molecular complexity index is 1080. The van der Waals surface area contributed by atoms with Gasteiger partial charge in [-0.1, -0.05) is 29.8 Å². The standard InChI is InChI=1S/C21H25ClN4O3/c1-6-24(20(28)29-21(3,4)5)14(2)18-23-25-13-12-16(22)17(25)19(27)26(18)15-10-8-7-9-11-15/h7-14H,6H2,1-5H3/t14-/m0/s1. The summed E-state index contributed by atoms with van der Waals surface area (Å²) in [4.78, 5) is 27.6. The summed E-state index contributed by atoms with van der Waals surface area (Å²) in [5, 5.41) is 4.95. The molecule has 0 N–H and O–H groups in total. The maximum atomic E-state index is 13.3. The van der Waals surface area contributed by atoms with Gasteiger partial charge in [0.1, 0.15) is 11.1 Å². The van der Waals surface area contributed by atoms with Crippen molar-refractivity contribution < 1.29 is 9.53 Å². The first-order valence-corrected chi connectivity index (χ1v) is 9.86. The van der Waals surface area contributed by atoms with E-state index in [1.807, 2.05) is 65.0 Å². The Hall–Kier alpha value is -2.80. The van der Waals surface area contributed by atoms with Gasteiger partial charge in [0.05, 0.1) is 16.8 Å². The van der Waals surface area contributed by atoms with E-state index in [1.54, 1.807) is 17.2 Å². The molecule has 0 unspecified atom stereocenters. The number of hydrogen-bond donors (Lipinski definition) is 0. The Kier molecular flexibility index (Phi) is 5.71. The normalized spacial score (nSPS) is 12.8. The summed E-state index contributed by atoms with van der Waals surface area (Å²) in [6.07, 6.45) is 1.17. The quantitative estimate of drug-likeness (QED) is 0.629. The SMILES string of the molecule is CCN(C(=O)OC(C)(C)C)[C@@H](C)c1nn2ccc(Cl)c2c(=O)n1-c1ccccc1. The molecule has 0 bridgehead atoms. The van der Waals surface area contributed by atoms with Crippen LogP contribution in [0.5, 0.6) is 0 Å². The van der Waals surface area contributed by atoms with Crippen molar-refractivity contribution in [2.45, 2.75) is 46.3 Å². The van der Waals surface area contributed by atoms with Crippen LogP contribution in [-0.4, -0.2) is 37.3 Å². The van der Waals surface area contributed by atoms with Gasteiger partial charge in [-0.05, 0) is 52.8 Å². The maximum absolute atomic E-state index is 13.3. The fourth-order valence-electron chi connectivity index (χ4n) is 3.17. The zero-order valence-corrected chi connectivity index (χ0v) is 18.0. The number of amides is 1. The predicted octanol–water partition coefficient (Wildman–Crippen LogP) is 4.46. The first-order chi connectivity index (χ1) is 13.6. The lowest BCUT2D eigenvalue weighted by atomic mass is 10.2. The molecule has 0 aliphatic heterocycles. The van der Waals surface area contributed by atoms with Crippen LogP contribution in [0.2, 0.25) is 5.02 Å². The molecule has 3 rings (SSSR count). The van der Waals surface area contributed by atoms with Crippen LogP contribution in [0.15, 0.2) is 47.4 Å². The van der Waals surface area contributed by atoms with Gasteiger partial charge in [-0.3, -0.25) is 14.3 Å². The Morgan fingerprint density at radius 3 is 2.48 bits per heavy atom. The third-order valence-corrected chi connectivity index (χ3v) is 4.79. The third kappa shape index (κ3) is 4.15. The summed E-state index contributed by atoms with van der Waals surface area (Å²) in [5.41, 5.74) is -0.00351. The van der Waals surface area contributed by atoms with Crippen molar-refractivity contribution in [1.82, 2.24) is 19.1 Å². The Labute approximate surface area is 174 Å². The molecule has 0 aliphatic carbocycles. The fourth-order valence-corrected chi connectivity index (χ4v) is 3.39. The highest BCUT2D eigenvalue weighted by Crippen LogP contribution is 2.24. The number of benzene rings is 1. The van der Waals surface area contributed by atoms with E-state index in [0.29, 0.717) is 23.1 Å². The van der Waals surface area contributed by atoms with Crippen molar-refractivity contribution in [2.24, 2.45) is 0 Å². The van der Waals surface area contributed by atoms with E-state index in [2.05, 4.69) is 5.10 Å². The topological polar surface area (TPSA) is 68.8 Å². The van der Waals surface area contributed by atoms with Crippen molar-refractivity contribution in [3.63, 3.8) is 0 Å². The second-order valence-corrected chi connectivity index (χ2v) is 8.14. The van der Waals surface area contributed by atoms with Crippen LogP contribution in [-0.2, 0) is 4.74 Å². The van der Waals surface area contributed by atoms with Gasteiger partial charge < -0.3 is 4.74 Å². The van der Waals surface area contributed by atoms with Crippen molar-refractivity contribution in [1.29, 1.82) is 0 Å². The number of carbonyl (C=O) groups excluding carboxylic acids is 1. The van der Waals surface area contributed by atoms with Gasteiger partial charge in [0.25, 0.3) is 5.56 Å². The molecule has 7 nitrogen and oxygen atoms in total. The molecule has 3 aromatic rings. The molecule has 0 aliphatic rings. The Morgan fingerprint density at radius 1 is 1.24 bits per heavy atom. The molecule has 0 saturated carbocycles. The predicted molar refractivity (Wildman–Crippen MR) is 113 cm³/mol. The van der Waals surface area contributed by atoms with Gasteiger partial charge >= 0.3 is 6.09 Å². The minimum atomic E-state index is -0.630. The summed E-state index contributed by atoms with van der Waals surface area (Å²) in [7, 11) is 0. The smallest absolute Gasteiger partial charge is 0.410 e. The van der Waals surface area contributed by atoms with E-state index in [4.69, 9.17) is 16.3 Å². The average Bonchev–Trinajstić information content (AvgIpc) is 3.02. The van der Waals surface area contributed by atoms with Crippen molar-refractivity contribution in [3.05, 3.63) is 63.8 Å². The Morgan fingerprint density at radius 2 is 1.90 bits per heavy atom. The molecule has 0 radical (unpaired) electrons. The average molecular weight is 417 g/mol. The van der Waals surface area contributed by atoms with Gasteiger partial charge in [-0.2, -0.15) is 5.10 Å². The number of halogens is 1. The first-order valence-electron chi connectivity index (χ1n) is 9.49. The Balaban J connectivity index is 2.19. The highest BCUT2D eigenvalue weighted by molar-refractivity contribution is 6.33. The van der Waals surface area contributed by atoms with Crippen LogP contribution in [0, 0.1) is 0 Å². The number of rotatable bonds is 4. The van der Waals surface area contributed by atoms with Crippen LogP contribution >= 0.6 is 11.6 Å². The minimum absolute atomic E-state index is 0.284. The number of para-hydroxylation sites is 1. The van der Waals surface area contributed by atoms with Gasteiger partial charge in [0, 0.05) is 12.7 Å². The maximum Gasteiger partial charge on any atom is 0.410 e. The molecular weight excluding hydrogens is 392 g/mol. The van der Waals surface area contributed by atoms with Crippen molar-refractivity contribution in [3.8, 4) is 5.69 Å². The van der Waals surface area contributed by atoms with E-state index in [1.165, 1.54) is 9.08 Å². The van der Waals surface area contributed by atoms with Crippen LogP contribution in [0.3, 0.4) is 0 Å². The lowest BCUT2D eigenvalue weighted by Crippen LogP contribution is -2.41. The molecule has 29 heavy (non-hydrogen) atoms. The van der Waals surface area contributed by atoms with E-state index in [9.17, 15) is 9.59 Å². The number of fused-ring (bicyclic) bond motifs is 1. The summed E-state index contributed by atoms with van der Waals surface area (Å²) in [6, 6.07) is 10.3. The fraction of sp³-hybridized carbons (Fsp3) is 0.381. The van der Waals surface area contributed by atoms with Gasteiger partial charge in [-0.25, -0.2) is 9.31 Å². The number of ether oxygens (including phenoxy) is 1. The second-order valence-electron chi connectivity index (χ2n) is 7.73. The van der Waals surface area contributed by atoms with E-state index >= 15 is 0 Å². The molecule has 2 heterocycles. The molecule has 1 amide bonds. The summed E-state index contributed by atoms with van der Waals surface area (Å²) in [5.74, 6) is 0.411. The number of carbonyl (C=O) groups is 1. The van der Waals surface area contributed by atoms with E-state index < -0.39 is 17.7 Å². The highest BCUT2D eigenvalue weighted by Gasteiger charge is 2.29. The molecule has 0 spiro atoms. The van der Waals surface area contributed by atoms with Crippen LogP contribution in [0.1, 0.15) is 46.5 Å². The monoisotopic (exact) mass is 416 g/mol. The zero-order valence-electron chi connectivity index (χ0n) is 17.2. The minimum Gasteiger partial charge on any atom is -0.444 e. The van der Waals surface area contributed by atoms with Crippen LogP contribution in [0.4, 0.5) is 4.79 Å². The molecular formula is C21H25ClN4O3. The van der Waals surface area contributed by atoms with Gasteiger partial charge in [-0.15, -0.1) is 0 Å². The van der Waals surface area contributed by atoms with Gasteiger partial charge in [0.15, 0.2) is 5.82 Å². The highest BCUT2D eigenvalue weighted by atomic mass is 35.5. The number of aromatic nitrogens is 3. The van der Waals surface area contributed by atoms with E-state index in [-0.39, 0.29) is 11.1 Å². The lowest BCUT2D eigenvalue weighted by molar-refractivity contribution is 0.0175. The largest absolute Gasteiger partial charge is 0.444 e. The summed E-state index contributed by atoms with van der Waals surface area (Å²) in [6.45, 7) is 9.52. The van der Waals surface area contributed by atoms with E-state index in [0.717, 1.165) is 0 Å². The zero-order chi connectivity index (χ0) is 21.3. The third-order valence-electron chi connectivity index (χ3n) is 4.49. The van der Waals surface area contributed by atoms with Crippen LogP contribution < -0.4 is 5.56 Å². The first kappa shape index (κ1) is 20.9. The van der Waals surface area contributed by atoms with Crippen LogP contribution in [0.25, 0.3) is 11.2 Å². The molecule has 0 saturated heterocycles. The lowest BCUT2D eigenvalue weighted by Gasteiger charge is -2.31. The molecule has 0 fully saturated rings. The summed E-state index contributed by atoms with van der Waals surface area (Å²) >= 11 is 6.22. The summed E-state index contributed by atoms with van der Waals surface area (Å²) < 4.78 is 8.50. The van der Waals surface area contributed by atoms with Crippen molar-refractivity contribution >= 4 is 23.2 Å². The molecule has 2 aromatic heterocycles. The van der Waals surface area contributed by atoms with Gasteiger partial charge in [0.2, 0.25) is 0 Å². The second kappa shape index (κ2) is 7.91. The number of hydrogen-bond acceptors (Lipinski definition) is 4. The molecule has 8 heteroatoms. The molecule has 1 aromatic carbocycles. The molecule has 1 atom stereocenters. The molecule has 154 valence electrons. The number of nitrogens with zero attached hydrogens (tertiary/aromatic N) is 4. The van der Waals surface area contributed by atoms with Crippen molar-refractivity contribution in [2.75, 3.05) is 6.54 Å².